The van der Waals surface area contributed by atoms with E-state index >= 15 is 0 Å². The summed E-state index contributed by atoms with van der Waals surface area (Å²) in [7, 11) is -2.40. The third-order valence-corrected chi connectivity index (χ3v) is 4.38. The highest BCUT2D eigenvalue weighted by molar-refractivity contribution is 7.92. The minimum atomic E-state index is -3.79. The minimum absolute atomic E-state index is 0.00178. The van der Waals surface area contributed by atoms with Crippen LogP contribution in [0.4, 0.5) is 11.6 Å². The summed E-state index contributed by atoms with van der Waals surface area (Å²) in [5, 5.41) is 8.84. The van der Waals surface area contributed by atoms with E-state index < -0.39 is 10.0 Å². The highest BCUT2D eigenvalue weighted by Gasteiger charge is 2.22. The average Bonchev–Trinajstić information content (AvgIpc) is 2.47. The van der Waals surface area contributed by atoms with Crippen LogP contribution in [0.5, 0.6) is 0 Å². The summed E-state index contributed by atoms with van der Waals surface area (Å²) in [6.07, 6.45) is 2.28. The molecule has 2 N–H and O–H groups in total. The molecule has 1 heterocycles. The van der Waals surface area contributed by atoms with Crippen molar-refractivity contribution in [2.45, 2.75) is 4.90 Å². The Kier molecular flexibility index (Phi) is 3.54. The van der Waals surface area contributed by atoms with Gasteiger partial charge in [-0.2, -0.15) is 5.26 Å². The Bertz CT molecular complexity index is 765. The summed E-state index contributed by atoms with van der Waals surface area (Å²) >= 11 is 0. The number of nitriles is 1. The first kappa shape index (κ1) is 13.8. The number of hydrogen-bond acceptors (Lipinski definition) is 6. The number of nitrogen functional groups attached to an aromatic ring is 1. The molecule has 7 nitrogen and oxygen atoms in total. The first-order valence-electron chi connectivity index (χ1n) is 5.52. The molecular formula is C12H11N5O2S. The molecule has 102 valence electrons. The van der Waals surface area contributed by atoms with Crippen LogP contribution in [0.2, 0.25) is 0 Å². The van der Waals surface area contributed by atoms with Crippen molar-refractivity contribution >= 4 is 21.7 Å². The zero-order valence-corrected chi connectivity index (χ0v) is 11.4. The fourth-order valence-electron chi connectivity index (χ4n) is 1.53. The maximum atomic E-state index is 12.4. The molecule has 0 aliphatic rings. The van der Waals surface area contributed by atoms with E-state index in [1.165, 1.54) is 13.1 Å². The van der Waals surface area contributed by atoms with E-state index in [9.17, 15) is 8.42 Å². The van der Waals surface area contributed by atoms with Gasteiger partial charge in [0.25, 0.3) is 10.0 Å². The van der Waals surface area contributed by atoms with Crippen LogP contribution in [0.15, 0.2) is 41.6 Å². The second-order valence-corrected chi connectivity index (χ2v) is 5.88. The second kappa shape index (κ2) is 5.14. The third-order valence-electron chi connectivity index (χ3n) is 2.65. The van der Waals surface area contributed by atoms with Gasteiger partial charge in [0.05, 0.1) is 29.7 Å². The number of sulfonamides is 1. The minimum Gasteiger partial charge on any atom is -0.368 e. The van der Waals surface area contributed by atoms with Crippen LogP contribution in [0, 0.1) is 11.3 Å². The Hall–Kier alpha value is -2.66. The summed E-state index contributed by atoms with van der Waals surface area (Å²) in [4.78, 5) is 7.25. The topological polar surface area (TPSA) is 113 Å². The molecule has 0 spiro atoms. The van der Waals surface area contributed by atoms with Crippen molar-refractivity contribution in [2.75, 3.05) is 17.1 Å². The lowest BCUT2D eigenvalue weighted by atomic mass is 10.2. The highest BCUT2D eigenvalue weighted by Crippen LogP contribution is 2.22. The first-order chi connectivity index (χ1) is 9.45. The number of nitrogens with two attached hydrogens (primary N) is 1. The Labute approximate surface area is 116 Å². The normalized spacial score (nSPS) is 10.8. The van der Waals surface area contributed by atoms with Crippen LogP contribution in [-0.2, 0) is 10.0 Å². The van der Waals surface area contributed by atoms with Crippen molar-refractivity contribution in [3.05, 3.63) is 42.2 Å². The predicted octanol–water partition coefficient (Wildman–Crippen LogP) is 0.756. The summed E-state index contributed by atoms with van der Waals surface area (Å²) in [5.74, 6) is -0.00178. The number of aromatic nitrogens is 2. The van der Waals surface area contributed by atoms with Crippen LogP contribution in [0.25, 0.3) is 0 Å². The van der Waals surface area contributed by atoms with Gasteiger partial charge < -0.3 is 5.73 Å². The summed E-state index contributed by atoms with van der Waals surface area (Å²) in [6.45, 7) is 0. The van der Waals surface area contributed by atoms with Gasteiger partial charge in [-0.15, -0.1) is 0 Å². The molecule has 0 aliphatic carbocycles. The van der Waals surface area contributed by atoms with Gasteiger partial charge in [-0.3, -0.25) is 4.31 Å². The number of benzene rings is 1. The van der Waals surface area contributed by atoms with Gasteiger partial charge in [0.1, 0.15) is 4.90 Å². The van der Waals surface area contributed by atoms with Gasteiger partial charge in [-0.1, -0.05) is 6.07 Å². The van der Waals surface area contributed by atoms with Crippen molar-refractivity contribution in [3.63, 3.8) is 0 Å². The molecule has 0 fully saturated rings. The lowest BCUT2D eigenvalue weighted by molar-refractivity contribution is 0.593. The number of nitrogens with zero attached hydrogens (tertiary/aromatic N) is 4. The summed E-state index contributed by atoms with van der Waals surface area (Å²) in [5.41, 5.74) is 6.08. The quantitative estimate of drug-likeness (QED) is 0.892. The molecule has 2 rings (SSSR count). The largest absolute Gasteiger partial charge is 0.368 e. The van der Waals surface area contributed by atoms with Gasteiger partial charge in [0.15, 0.2) is 0 Å². The van der Waals surface area contributed by atoms with E-state index in [1.54, 1.807) is 18.2 Å². The fraction of sp³-hybridized carbons (Fsp3) is 0.0833. The smallest absolute Gasteiger partial charge is 0.267 e. The van der Waals surface area contributed by atoms with Gasteiger partial charge in [-0.05, 0) is 18.2 Å². The van der Waals surface area contributed by atoms with Crippen molar-refractivity contribution < 1.29 is 8.42 Å². The van der Waals surface area contributed by atoms with Crippen molar-refractivity contribution in [1.82, 2.24) is 9.97 Å². The predicted molar refractivity (Wildman–Crippen MR) is 73.2 cm³/mol. The number of anilines is 2. The SMILES string of the molecule is CN(c1cccc(C#N)c1)S(=O)(=O)c1cnc(N)nc1. The first-order valence-corrected chi connectivity index (χ1v) is 6.96. The molecule has 0 unspecified atom stereocenters. The standard InChI is InChI=1S/C12H11N5O2S/c1-17(10-4-2-3-9(5-10)6-13)20(18,19)11-7-15-12(14)16-8-11/h2-5,7-8H,1H3,(H2,14,15,16). The Morgan fingerprint density at radius 1 is 1.30 bits per heavy atom. The van der Waals surface area contributed by atoms with E-state index in [-0.39, 0.29) is 10.8 Å². The molecular weight excluding hydrogens is 278 g/mol. The Morgan fingerprint density at radius 3 is 2.55 bits per heavy atom. The zero-order chi connectivity index (χ0) is 14.8. The molecule has 0 radical (unpaired) electrons. The molecule has 0 amide bonds. The zero-order valence-electron chi connectivity index (χ0n) is 10.6. The van der Waals surface area contributed by atoms with Crippen LogP contribution < -0.4 is 10.0 Å². The maximum absolute atomic E-state index is 12.4. The average molecular weight is 289 g/mol. The molecule has 1 aromatic heterocycles. The van der Waals surface area contributed by atoms with Crippen LogP contribution in [0.3, 0.4) is 0 Å². The Morgan fingerprint density at radius 2 is 1.95 bits per heavy atom. The molecule has 2 aromatic rings. The molecule has 0 saturated heterocycles. The lowest BCUT2D eigenvalue weighted by Crippen LogP contribution is -2.26. The van der Waals surface area contributed by atoms with E-state index in [0.717, 1.165) is 16.7 Å². The van der Waals surface area contributed by atoms with Crippen molar-refractivity contribution in [1.29, 1.82) is 5.26 Å². The molecule has 8 heteroatoms. The van der Waals surface area contributed by atoms with E-state index in [0.29, 0.717) is 11.3 Å². The molecule has 0 aliphatic heterocycles. The lowest BCUT2D eigenvalue weighted by Gasteiger charge is -2.19. The second-order valence-electron chi connectivity index (χ2n) is 3.91. The van der Waals surface area contributed by atoms with Crippen LogP contribution in [-0.4, -0.2) is 25.4 Å². The van der Waals surface area contributed by atoms with Crippen molar-refractivity contribution in [3.8, 4) is 6.07 Å². The van der Waals surface area contributed by atoms with Gasteiger partial charge in [0.2, 0.25) is 5.95 Å². The number of hydrogen-bond donors (Lipinski definition) is 1. The van der Waals surface area contributed by atoms with E-state index in [2.05, 4.69) is 9.97 Å². The van der Waals surface area contributed by atoms with Crippen LogP contribution in [0.1, 0.15) is 5.56 Å². The summed E-state index contributed by atoms with van der Waals surface area (Å²) in [6, 6.07) is 8.24. The highest BCUT2D eigenvalue weighted by atomic mass is 32.2. The number of rotatable bonds is 3. The Balaban J connectivity index is 2.43. The maximum Gasteiger partial charge on any atom is 0.267 e. The van der Waals surface area contributed by atoms with E-state index in [4.69, 9.17) is 11.0 Å². The van der Waals surface area contributed by atoms with Gasteiger partial charge >= 0.3 is 0 Å². The van der Waals surface area contributed by atoms with Crippen molar-refractivity contribution in [2.24, 2.45) is 0 Å². The van der Waals surface area contributed by atoms with Gasteiger partial charge in [0, 0.05) is 7.05 Å². The fourth-order valence-corrected chi connectivity index (χ4v) is 2.61. The molecule has 0 atom stereocenters. The van der Waals surface area contributed by atoms with Gasteiger partial charge in [-0.25, -0.2) is 18.4 Å². The van der Waals surface area contributed by atoms with Crippen LogP contribution >= 0.6 is 0 Å². The third kappa shape index (κ3) is 2.53. The summed E-state index contributed by atoms with van der Waals surface area (Å²) < 4.78 is 25.8. The van der Waals surface area contributed by atoms with E-state index in [1.807, 2.05) is 6.07 Å². The molecule has 1 aromatic carbocycles. The molecule has 0 bridgehead atoms. The monoisotopic (exact) mass is 289 g/mol. The molecule has 20 heavy (non-hydrogen) atoms. The molecule has 0 saturated carbocycles.